The summed E-state index contributed by atoms with van der Waals surface area (Å²) >= 11 is 0. The second-order valence-electron chi connectivity index (χ2n) is 6.82. The van der Waals surface area contributed by atoms with Gasteiger partial charge >= 0.3 is 0 Å². The number of anilines is 2. The van der Waals surface area contributed by atoms with Crippen LogP contribution >= 0.6 is 0 Å². The molecular weight excluding hydrogens is 398 g/mol. The molecule has 0 bridgehead atoms. The molecule has 0 unspecified atom stereocenters. The minimum absolute atomic E-state index is 0.0593. The number of rotatable bonds is 7. The van der Waals surface area contributed by atoms with E-state index in [1.807, 2.05) is 12.1 Å². The maximum atomic E-state index is 12.5. The zero-order valence-electron chi connectivity index (χ0n) is 16.6. The molecule has 2 N–H and O–H groups in total. The Labute approximate surface area is 177 Å². The standard InChI is InChI=1S/C23H19N3O5/c1-30-20-9-4-17(5-10-20)25-23(27)22-13-16-12-18(6-11-21(16)31-22)24-14-15-2-7-19(8-3-15)26(28)29/h2-13,24H,14H2,1H3,(H,25,27). The molecule has 156 valence electrons. The summed E-state index contributed by atoms with van der Waals surface area (Å²) in [4.78, 5) is 22.8. The SMILES string of the molecule is COc1ccc(NC(=O)c2cc3cc(NCc4ccc([N+](=O)[O-])cc4)ccc3o2)cc1. The average Bonchev–Trinajstić information content (AvgIpc) is 3.22. The molecule has 1 amide bonds. The highest BCUT2D eigenvalue weighted by molar-refractivity contribution is 6.04. The van der Waals surface area contributed by atoms with Gasteiger partial charge in [-0.3, -0.25) is 14.9 Å². The Bertz CT molecular complexity index is 1230. The van der Waals surface area contributed by atoms with Crippen molar-refractivity contribution in [3.8, 4) is 5.75 Å². The van der Waals surface area contributed by atoms with Crippen LogP contribution < -0.4 is 15.4 Å². The first kappa shape index (κ1) is 20.0. The van der Waals surface area contributed by atoms with Crippen LogP contribution in [0.5, 0.6) is 5.75 Å². The summed E-state index contributed by atoms with van der Waals surface area (Å²) in [7, 11) is 1.58. The maximum Gasteiger partial charge on any atom is 0.291 e. The number of nitrogens with one attached hydrogen (secondary N) is 2. The molecule has 0 atom stereocenters. The molecule has 0 aliphatic rings. The van der Waals surface area contributed by atoms with Crippen molar-refractivity contribution < 1.29 is 18.9 Å². The third-order valence-corrected chi connectivity index (χ3v) is 4.73. The van der Waals surface area contributed by atoms with Crippen LogP contribution in [0.15, 0.2) is 77.2 Å². The van der Waals surface area contributed by atoms with Gasteiger partial charge in [-0.1, -0.05) is 12.1 Å². The number of nitro benzene ring substituents is 1. The molecule has 4 rings (SSSR count). The lowest BCUT2D eigenvalue weighted by Gasteiger charge is -2.06. The Morgan fingerprint density at radius 2 is 1.71 bits per heavy atom. The van der Waals surface area contributed by atoms with E-state index in [1.165, 1.54) is 12.1 Å². The van der Waals surface area contributed by atoms with Crippen molar-refractivity contribution in [2.24, 2.45) is 0 Å². The van der Waals surface area contributed by atoms with Gasteiger partial charge in [0.25, 0.3) is 11.6 Å². The van der Waals surface area contributed by atoms with Crippen LogP contribution in [0.1, 0.15) is 16.1 Å². The van der Waals surface area contributed by atoms with Crippen LogP contribution in [0.2, 0.25) is 0 Å². The molecule has 0 spiro atoms. The van der Waals surface area contributed by atoms with Gasteiger partial charge in [0.15, 0.2) is 5.76 Å². The van der Waals surface area contributed by atoms with Crippen molar-refractivity contribution in [1.29, 1.82) is 0 Å². The number of methoxy groups -OCH3 is 1. The Morgan fingerprint density at radius 3 is 2.39 bits per heavy atom. The Balaban J connectivity index is 1.43. The van der Waals surface area contributed by atoms with Crippen LogP contribution in [0.3, 0.4) is 0 Å². The van der Waals surface area contributed by atoms with Crippen molar-refractivity contribution in [2.45, 2.75) is 6.54 Å². The van der Waals surface area contributed by atoms with Gasteiger partial charge in [0, 0.05) is 35.4 Å². The molecule has 0 radical (unpaired) electrons. The highest BCUT2D eigenvalue weighted by Crippen LogP contribution is 2.25. The molecule has 0 saturated heterocycles. The number of amides is 1. The van der Waals surface area contributed by atoms with Crippen molar-refractivity contribution in [3.63, 3.8) is 0 Å². The molecule has 1 aromatic heterocycles. The topological polar surface area (TPSA) is 107 Å². The largest absolute Gasteiger partial charge is 0.497 e. The van der Waals surface area contributed by atoms with Gasteiger partial charge in [0.1, 0.15) is 11.3 Å². The Hall–Kier alpha value is -4.33. The first-order valence-electron chi connectivity index (χ1n) is 9.48. The van der Waals surface area contributed by atoms with E-state index in [4.69, 9.17) is 9.15 Å². The van der Waals surface area contributed by atoms with E-state index in [1.54, 1.807) is 55.6 Å². The lowest BCUT2D eigenvalue weighted by Crippen LogP contribution is -2.10. The number of nitrogens with zero attached hydrogens (tertiary/aromatic N) is 1. The first-order chi connectivity index (χ1) is 15.0. The van der Waals surface area contributed by atoms with E-state index >= 15 is 0 Å². The number of benzene rings is 3. The molecule has 8 heteroatoms. The molecule has 0 aliphatic heterocycles. The van der Waals surface area contributed by atoms with Gasteiger partial charge in [0.05, 0.1) is 12.0 Å². The van der Waals surface area contributed by atoms with Crippen LogP contribution in [0.25, 0.3) is 11.0 Å². The third-order valence-electron chi connectivity index (χ3n) is 4.73. The molecule has 3 aromatic carbocycles. The summed E-state index contributed by atoms with van der Waals surface area (Å²) < 4.78 is 10.8. The lowest BCUT2D eigenvalue weighted by molar-refractivity contribution is -0.384. The highest BCUT2D eigenvalue weighted by atomic mass is 16.6. The fourth-order valence-electron chi connectivity index (χ4n) is 3.07. The Kier molecular flexibility index (Phi) is 5.53. The van der Waals surface area contributed by atoms with Crippen molar-refractivity contribution in [1.82, 2.24) is 0 Å². The summed E-state index contributed by atoms with van der Waals surface area (Å²) in [6.07, 6.45) is 0. The van der Waals surface area contributed by atoms with Gasteiger partial charge in [-0.05, 0) is 54.1 Å². The summed E-state index contributed by atoms with van der Waals surface area (Å²) in [6, 6.07) is 20.6. The third kappa shape index (κ3) is 4.64. The number of fused-ring (bicyclic) bond motifs is 1. The van der Waals surface area contributed by atoms with Crippen LogP contribution in [-0.4, -0.2) is 17.9 Å². The van der Waals surface area contributed by atoms with E-state index in [0.29, 0.717) is 23.6 Å². The number of furan rings is 1. The normalized spacial score (nSPS) is 10.6. The minimum Gasteiger partial charge on any atom is -0.497 e. The molecule has 4 aromatic rings. The molecule has 0 aliphatic carbocycles. The smallest absolute Gasteiger partial charge is 0.291 e. The van der Waals surface area contributed by atoms with Crippen LogP contribution in [0.4, 0.5) is 17.1 Å². The van der Waals surface area contributed by atoms with Crippen molar-refractivity contribution in [2.75, 3.05) is 17.7 Å². The van der Waals surface area contributed by atoms with E-state index in [-0.39, 0.29) is 17.4 Å². The summed E-state index contributed by atoms with van der Waals surface area (Å²) in [5.74, 6) is 0.565. The fourth-order valence-corrected chi connectivity index (χ4v) is 3.07. The van der Waals surface area contributed by atoms with E-state index < -0.39 is 4.92 Å². The Morgan fingerprint density at radius 1 is 1.00 bits per heavy atom. The van der Waals surface area contributed by atoms with Gasteiger partial charge in [-0.15, -0.1) is 0 Å². The molecule has 8 nitrogen and oxygen atoms in total. The monoisotopic (exact) mass is 417 g/mol. The number of non-ortho nitro benzene ring substituents is 1. The second-order valence-corrected chi connectivity index (χ2v) is 6.82. The van der Waals surface area contributed by atoms with Crippen LogP contribution in [0, 0.1) is 10.1 Å². The molecule has 31 heavy (non-hydrogen) atoms. The zero-order chi connectivity index (χ0) is 21.8. The number of carbonyl (C=O) groups excluding carboxylic acids is 1. The zero-order valence-corrected chi connectivity index (χ0v) is 16.6. The number of hydrogen-bond donors (Lipinski definition) is 2. The number of ether oxygens (including phenoxy) is 1. The summed E-state index contributed by atoms with van der Waals surface area (Å²) in [5, 5.41) is 17.6. The lowest BCUT2D eigenvalue weighted by atomic mass is 10.2. The van der Waals surface area contributed by atoms with Crippen molar-refractivity contribution in [3.05, 3.63) is 94.2 Å². The number of nitro groups is 1. The van der Waals surface area contributed by atoms with Gasteiger partial charge in [0.2, 0.25) is 0 Å². The van der Waals surface area contributed by atoms with E-state index in [0.717, 1.165) is 16.6 Å². The van der Waals surface area contributed by atoms with Gasteiger partial charge < -0.3 is 19.8 Å². The number of hydrogen-bond acceptors (Lipinski definition) is 6. The minimum atomic E-state index is -0.424. The van der Waals surface area contributed by atoms with Gasteiger partial charge in [-0.2, -0.15) is 0 Å². The fraction of sp³-hybridized carbons (Fsp3) is 0.0870. The summed E-state index contributed by atoms with van der Waals surface area (Å²) in [5.41, 5.74) is 3.05. The summed E-state index contributed by atoms with van der Waals surface area (Å²) in [6.45, 7) is 0.506. The molecule has 1 heterocycles. The first-order valence-corrected chi connectivity index (χ1v) is 9.48. The van der Waals surface area contributed by atoms with E-state index in [2.05, 4.69) is 10.6 Å². The molecule has 0 saturated carbocycles. The highest BCUT2D eigenvalue weighted by Gasteiger charge is 2.13. The predicted octanol–water partition coefficient (Wildman–Crippen LogP) is 5.21. The van der Waals surface area contributed by atoms with Gasteiger partial charge in [-0.25, -0.2) is 0 Å². The average molecular weight is 417 g/mol. The molecular formula is C23H19N3O5. The quantitative estimate of drug-likeness (QED) is 0.316. The van der Waals surface area contributed by atoms with Crippen LogP contribution in [-0.2, 0) is 6.54 Å². The predicted molar refractivity (Wildman–Crippen MR) is 118 cm³/mol. The molecule has 0 fully saturated rings. The maximum absolute atomic E-state index is 12.5. The van der Waals surface area contributed by atoms with E-state index in [9.17, 15) is 14.9 Å². The number of carbonyl (C=O) groups is 1. The second kappa shape index (κ2) is 8.58. The van der Waals surface area contributed by atoms with Crippen molar-refractivity contribution >= 4 is 33.9 Å².